The molecule has 170 valence electrons. The normalized spacial score (nSPS) is 21.3. The molecule has 2 saturated heterocycles. The molecule has 1 amide bonds. The summed E-state index contributed by atoms with van der Waals surface area (Å²) >= 11 is 0. The Labute approximate surface area is 176 Å². The maximum absolute atomic E-state index is 11.8. The van der Waals surface area contributed by atoms with Crippen LogP contribution in [0.1, 0.15) is 47.5 Å². The molecule has 2 N–H and O–H groups in total. The van der Waals surface area contributed by atoms with Gasteiger partial charge in [-0.15, -0.1) is 0 Å². The molecule has 0 saturated carbocycles. The van der Waals surface area contributed by atoms with Gasteiger partial charge in [-0.1, -0.05) is 0 Å². The van der Waals surface area contributed by atoms with Crippen LogP contribution in [0.3, 0.4) is 0 Å². The van der Waals surface area contributed by atoms with E-state index < -0.39 is 11.4 Å². The molecule has 0 aromatic carbocycles. The van der Waals surface area contributed by atoms with Gasteiger partial charge in [0.15, 0.2) is 5.79 Å². The highest BCUT2D eigenvalue weighted by molar-refractivity contribution is 5.67. The van der Waals surface area contributed by atoms with E-state index in [0.717, 1.165) is 58.7 Å². The fraction of sp³-hybridized carbons (Fsp3) is 0.952. The van der Waals surface area contributed by atoms with Crippen molar-refractivity contribution in [2.75, 3.05) is 65.6 Å². The molecule has 0 aromatic rings. The number of hydrogen-bond acceptors (Lipinski definition) is 7. The minimum atomic E-state index is -0.499. The standard InChI is InChI=1S/C21H42N4O4/c1-20(2,3)29-19(26)23-8-6-12-25(18-16-27-21(4,5)28-17-18)13-7-11-24-14-9-22-10-15-24/h18,22H,6-17H2,1-5H3,(H,23,26). The molecule has 0 spiro atoms. The Morgan fingerprint density at radius 1 is 1.17 bits per heavy atom. The van der Waals surface area contributed by atoms with E-state index in [4.69, 9.17) is 14.2 Å². The van der Waals surface area contributed by atoms with E-state index in [1.807, 2.05) is 34.6 Å². The first-order valence-corrected chi connectivity index (χ1v) is 11.1. The zero-order valence-electron chi connectivity index (χ0n) is 19.1. The number of carbonyl (C=O) groups excluding carboxylic acids is 1. The predicted octanol–water partition coefficient (Wildman–Crippen LogP) is 1.65. The zero-order chi connectivity index (χ0) is 21.3. The van der Waals surface area contributed by atoms with Crippen LogP contribution >= 0.6 is 0 Å². The maximum atomic E-state index is 11.8. The lowest BCUT2D eigenvalue weighted by Crippen LogP contribution is -2.51. The summed E-state index contributed by atoms with van der Waals surface area (Å²) in [5, 5.41) is 6.25. The van der Waals surface area contributed by atoms with Crippen LogP contribution in [-0.2, 0) is 14.2 Å². The summed E-state index contributed by atoms with van der Waals surface area (Å²) in [5.74, 6) is -0.499. The maximum Gasteiger partial charge on any atom is 0.407 e. The van der Waals surface area contributed by atoms with Crippen molar-refractivity contribution >= 4 is 6.09 Å². The Morgan fingerprint density at radius 2 is 1.79 bits per heavy atom. The average Bonchev–Trinajstić information content (AvgIpc) is 2.63. The van der Waals surface area contributed by atoms with Crippen LogP contribution in [0.4, 0.5) is 4.79 Å². The number of amides is 1. The summed E-state index contributed by atoms with van der Waals surface area (Å²) in [7, 11) is 0. The van der Waals surface area contributed by atoms with Gasteiger partial charge in [0.05, 0.1) is 19.3 Å². The van der Waals surface area contributed by atoms with E-state index in [9.17, 15) is 4.79 Å². The van der Waals surface area contributed by atoms with Gasteiger partial charge in [0, 0.05) is 39.3 Å². The summed E-state index contributed by atoms with van der Waals surface area (Å²) in [6.07, 6.45) is 1.64. The van der Waals surface area contributed by atoms with E-state index in [-0.39, 0.29) is 12.1 Å². The topological polar surface area (TPSA) is 75.3 Å². The van der Waals surface area contributed by atoms with Crippen molar-refractivity contribution in [2.24, 2.45) is 0 Å². The van der Waals surface area contributed by atoms with Gasteiger partial charge in [0.2, 0.25) is 0 Å². The summed E-state index contributed by atoms with van der Waals surface area (Å²) in [6, 6.07) is 0.257. The Balaban J connectivity index is 1.75. The first-order valence-electron chi connectivity index (χ1n) is 11.1. The van der Waals surface area contributed by atoms with Gasteiger partial charge in [-0.2, -0.15) is 0 Å². The molecule has 0 radical (unpaired) electrons. The Hall–Kier alpha value is -0.930. The third-order valence-electron chi connectivity index (χ3n) is 5.18. The van der Waals surface area contributed by atoms with E-state index in [2.05, 4.69) is 20.4 Å². The van der Waals surface area contributed by atoms with E-state index in [0.29, 0.717) is 19.8 Å². The second kappa shape index (κ2) is 11.5. The van der Waals surface area contributed by atoms with Crippen LogP contribution in [0.25, 0.3) is 0 Å². The molecular formula is C21H42N4O4. The van der Waals surface area contributed by atoms with E-state index in [1.54, 1.807) is 0 Å². The molecule has 2 rings (SSSR count). The molecular weight excluding hydrogens is 372 g/mol. The highest BCUT2D eigenvalue weighted by atomic mass is 16.7. The third-order valence-corrected chi connectivity index (χ3v) is 5.18. The lowest BCUT2D eigenvalue weighted by molar-refractivity contribution is -0.263. The number of alkyl carbamates (subject to hydrolysis) is 1. The van der Waals surface area contributed by atoms with Crippen LogP contribution in [0.5, 0.6) is 0 Å². The summed E-state index contributed by atoms with van der Waals surface area (Å²) in [6.45, 7) is 18.9. The Bertz CT molecular complexity index is 480. The quantitative estimate of drug-likeness (QED) is 0.556. The van der Waals surface area contributed by atoms with Crippen LogP contribution in [0, 0.1) is 0 Å². The summed E-state index contributed by atoms with van der Waals surface area (Å²) < 4.78 is 17.1. The second-order valence-electron chi connectivity index (χ2n) is 9.44. The van der Waals surface area contributed by atoms with Crippen LogP contribution in [0.15, 0.2) is 0 Å². The van der Waals surface area contributed by atoms with Crippen molar-refractivity contribution in [1.82, 2.24) is 20.4 Å². The Morgan fingerprint density at radius 3 is 2.41 bits per heavy atom. The first kappa shape index (κ1) is 24.3. The molecule has 0 unspecified atom stereocenters. The van der Waals surface area contributed by atoms with Gasteiger partial charge < -0.3 is 29.7 Å². The molecule has 2 fully saturated rings. The van der Waals surface area contributed by atoms with Gasteiger partial charge in [-0.05, 0) is 60.5 Å². The third kappa shape index (κ3) is 10.1. The lowest BCUT2D eigenvalue weighted by Gasteiger charge is -2.40. The lowest BCUT2D eigenvalue weighted by atomic mass is 10.2. The monoisotopic (exact) mass is 414 g/mol. The van der Waals surface area contributed by atoms with Crippen molar-refractivity contribution < 1.29 is 19.0 Å². The molecule has 29 heavy (non-hydrogen) atoms. The van der Waals surface area contributed by atoms with Crippen LogP contribution < -0.4 is 10.6 Å². The van der Waals surface area contributed by atoms with E-state index in [1.165, 1.54) is 0 Å². The van der Waals surface area contributed by atoms with Crippen molar-refractivity contribution in [3.05, 3.63) is 0 Å². The molecule has 8 heteroatoms. The zero-order valence-corrected chi connectivity index (χ0v) is 19.1. The molecule has 0 bridgehead atoms. The van der Waals surface area contributed by atoms with Crippen LogP contribution in [0.2, 0.25) is 0 Å². The van der Waals surface area contributed by atoms with Gasteiger partial charge >= 0.3 is 6.09 Å². The minimum absolute atomic E-state index is 0.257. The van der Waals surface area contributed by atoms with Crippen molar-refractivity contribution in [3.63, 3.8) is 0 Å². The number of rotatable bonds is 9. The molecule has 2 aliphatic heterocycles. The average molecular weight is 415 g/mol. The predicted molar refractivity (Wildman–Crippen MR) is 114 cm³/mol. The summed E-state index contributed by atoms with van der Waals surface area (Å²) in [4.78, 5) is 16.8. The number of carbonyl (C=O) groups is 1. The van der Waals surface area contributed by atoms with Gasteiger partial charge in [0.25, 0.3) is 0 Å². The van der Waals surface area contributed by atoms with Crippen LogP contribution in [-0.4, -0.2) is 98.9 Å². The highest BCUT2D eigenvalue weighted by Crippen LogP contribution is 2.20. The molecule has 2 heterocycles. The number of ether oxygens (including phenoxy) is 3. The highest BCUT2D eigenvalue weighted by Gasteiger charge is 2.31. The number of nitrogens with one attached hydrogen (secondary N) is 2. The number of hydrogen-bond donors (Lipinski definition) is 2. The molecule has 0 aromatic heterocycles. The smallest absolute Gasteiger partial charge is 0.407 e. The fourth-order valence-electron chi connectivity index (χ4n) is 3.59. The molecule has 0 aliphatic carbocycles. The molecule has 8 nitrogen and oxygen atoms in total. The Kier molecular flexibility index (Phi) is 9.62. The first-order chi connectivity index (χ1) is 13.6. The number of nitrogens with zero attached hydrogens (tertiary/aromatic N) is 2. The van der Waals surface area contributed by atoms with Crippen molar-refractivity contribution in [3.8, 4) is 0 Å². The number of piperazine rings is 1. The fourth-order valence-corrected chi connectivity index (χ4v) is 3.59. The summed E-state index contributed by atoms with van der Waals surface area (Å²) in [5.41, 5.74) is -0.469. The molecule has 2 aliphatic rings. The largest absolute Gasteiger partial charge is 0.444 e. The molecule has 0 atom stereocenters. The van der Waals surface area contributed by atoms with E-state index >= 15 is 0 Å². The SMILES string of the molecule is CC(C)(C)OC(=O)NCCCN(CCCN1CCNCC1)C1COC(C)(C)OC1. The van der Waals surface area contributed by atoms with Crippen molar-refractivity contribution in [2.45, 2.75) is 64.9 Å². The second-order valence-corrected chi connectivity index (χ2v) is 9.44. The minimum Gasteiger partial charge on any atom is -0.444 e. The van der Waals surface area contributed by atoms with Crippen molar-refractivity contribution in [1.29, 1.82) is 0 Å². The van der Waals surface area contributed by atoms with Gasteiger partial charge in [0.1, 0.15) is 5.60 Å². The van der Waals surface area contributed by atoms with Gasteiger partial charge in [-0.3, -0.25) is 4.90 Å². The van der Waals surface area contributed by atoms with Gasteiger partial charge in [-0.25, -0.2) is 4.79 Å².